The Morgan fingerprint density at radius 2 is 1.81 bits per heavy atom. The molecule has 138 valence electrons. The van der Waals surface area contributed by atoms with Crippen LogP contribution in [0.3, 0.4) is 0 Å². The summed E-state index contributed by atoms with van der Waals surface area (Å²) in [5.41, 5.74) is 4.72. The van der Waals surface area contributed by atoms with Crippen molar-refractivity contribution in [3.05, 3.63) is 59.7 Å². The summed E-state index contributed by atoms with van der Waals surface area (Å²) in [7, 11) is 0. The Morgan fingerprint density at radius 1 is 1.04 bits per heavy atom. The molecule has 2 aromatic carbocycles. The van der Waals surface area contributed by atoms with Gasteiger partial charge in [0.2, 0.25) is 5.91 Å². The van der Waals surface area contributed by atoms with Crippen LogP contribution in [0.15, 0.2) is 48.5 Å². The first kappa shape index (κ1) is 18.3. The Hall–Kier alpha value is -2.49. The van der Waals surface area contributed by atoms with Gasteiger partial charge in [-0.3, -0.25) is 4.79 Å². The molecule has 0 saturated carbocycles. The molecule has 4 nitrogen and oxygen atoms in total. The Kier molecular flexibility index (Phi) is 6.53. The maximum Gasteiger partial charge on any atom is 0.222 e. The van der Waals surface area contributed by atoms with Crippen molar-refractivity contribution in [1.29, 1.82) is 0 Å². The zero-order valence-corrected chi connectivity index (χ0v) is 15.6. The van der Waals surface area contributed by atoms with Crippen molar-refractivity contribution in [3.8, 4) is 0 Å². The zero-order valence-electron chi connectivity index (χ0n) is 15.6. The highest BCUT2D eigenvalue weighted by molar-refractivity contribution is 5.76. The second kappa shape index (κ2) is 9.27. The highest BCUT2D eigenvalue weighted by atomic mass is 16.1. The molecule has 4 heteroatoms. The number of carbonyl (C=O) groups excluding carboxylic acids is 1. The third-order valence-electron chi connectivity index (χ3n) is 4.84. The molecule has 0 unspecified atom stereocenters. The maximum atomic E-state index is 12.0. The molecule has 1 fully saturated rings. The zero-order chi connectivity index (χ0) is 18.2. The highest BCUT2D eigenvalue weighted by Gasteiger charge is 2.10. The van der Waals surface area contributed by atoms with Crippen LogP contribution in [0.25, 0.3) is 0 Å². The molecule has 0 aromatic heterocycles. The SMILES string of the molecule is Cc1cccc(CNC(=O)CCNc2ccc(N3CCCCC3)cc2)c1. The van der Waals surface area contributed by atoms with Crippen LogP contribution in [-0.2, 0) is 11.3 Å². The first-order chi connectivity index (χ1) is 12.7. The van der Waals surface area contributed by atoms with Gasteiger partial charge in [-0.15, -0.1) is 0 Å². The number of carbonyl (C=O) groups is 1. The summed E-state index contributed by atoms with van der Waals surface area (Å²) in [6, 6.07) is 16.8. The van der Waals surface area contributed by atoms with Crippen molar-refractivity contribution in [1.82, 2.24) is 5.32 Å². The smallest absolute Gasteiger partial charge is 0.222 e. The molecule has 2 aromatic rings. The van der Waals surface area contributed by atoms with Crippen LogP contribution >= 0.6 is 0 Å². The molecule has 0 spiro atoms. The molecule has 0 aliphatic carbocycles. The van der Waals surface area contributed by atoms with E-state index in [9.17, 15) is 4.79 Å². The van der Waals surface area contributed by atoms with E-state index in [-0.39, 0.29) is 5.91 Å². The van der Waals surface area contributed by atoms with Crippen molar-refractivity contribution >= 4 is 17.3 Å². The van der Waals surface area contributed by atoms with Crippen LogP contribution in [0.2, 0.25) is 0 Å². The van der Waals surface area contributed by atoms with E-state index in [4.69, 9.17) is 0 Å². The van der Waals surface area contributed by atoms with Gasteiger partial charge >= 0.3 is 0 Å². The van der Waals surface area contributed by atoms with Gasteiger partial charge in [-0.1, -0.05) is 29.8 Å². The van der Waals surface area contributed by atoms with Gasteiger partial charge in [-0.2, -0.15) is 0 Å². The normalized spacial score (nSPS) is 14.1. The number of hydrogen-bond donors (Lipinski definition) is 2. The summed E-state index contributed by atoms with van der Waals surface area (Å²) in [6.45, 7) is 5.61. The standard InChI is InChI=1S/C22H29N3O/c1-18-6-5-7-19(16-18)17-24-22(26)12-13-23-20-8-10-21(11-9-20)25-14-3-2-4-15-25/h5-11,16,23H,2-4,12-15,17H2,1H3,(H,24,26). The number of nitrogens with one attached hydrogen (secondary N) is 2. The van der Waals surface area contributed by atoms with Gasteiger partial charge in [-0.25, -0.2) is 0 Å². The third-order valence-corrected chi connectivity index (χ3v) is 4.84. The topological polar surface area (TPSA) is 44.4 Å². The van der Waals surface area contributed by atoms with Crippen LogP contribution in [0.4, 0.5) is 11.4 Å². The quantitative estimate of drug-likeness (QED) is 0.789. The second-order valence-corrected chi connectivity index (χ2v) is 7.04. The van der Waals surface area contributed by atoms with Crippen molar-refractivity contribution in [2.45, 2.75) is 39.2 Å². The molecule has 1 aliphatic heterocycles. The minimum Gasteiger partial charge on any atom is -0.385 e. The summed E-state index contributed by atoms with van der Waals surface area (Å²) in [5.74, 6) is 0.0731. The predicted octanol–water partition coefficient (Wildman–Crippen LogP) is 4.10. The van der Waals surface area contributed by atoms with Crippen LogP contribution < -0.4 is 15.5 Å². The van der Waals surface area contributed by atoms with Gasteiger partial charge in [-0.05, 0) is 56.0 Å². The second-order valence-electron chi connectivity index (χ2n) is 7.04. The number of hydrogen-bond acceptors (Lipinski definition) is 3. The molecule has 2 N–H and O–H groups in total. The van der Waals surface area contributed by atoms with E-state index in [2.05, 4.69) is 58.9 Å². The molecular weight excluding hydrogens is 322 g/mol. The Labute approximate surface area is 156 Å². The fourth-order valence-electron chi connectivity index (χ4n) is 3.37. The number of aryl methyl sites for hydroxylation is 1. The van der Waals surface area contributed by atoms with Gasteiger partial charge in [0.25, 0.3) is 0 Å². The molecule has 0 atom stereocenters. The maximum absolute atomic E-state index is 12.0. The number of amides is 1. The Bertz CT molecular complexity index is 706. The summed E-state index contributed by atoms with van der Waals surface area (Å²) in [5, 5.41) is 6.31. The lowest BCUT2D eigenvalue weighted by atomic mass is 10.1. The van der Waals surface area contributed by atoms with E-state index >= 15 is 0 Å². The van der Waals surface area contributed by atoms with E-state index in [1.54, 1.807) is 0 Å². The Balaban J connectivity index is 1.38. The fraction of sp³-hybridized carbons (Fsp3) is 0.409. The summed E-state index contributed by atoms with van der Waals surface area (Å²) >= 11 is 0. The van der Waals surface area contributed by atoms with E-state index in [1.165, 1.54) is 30.5 Å². The molecule has 1 saturated heterocycles. The molecule has 26 heavy (non-hydrogen) atoms. The lowest BCUT2D eigenvalue weighted by Gasteiger charge is -2.28. The van der Waals surface area contributed by atoms with Crippen molar-refractivity contribution < 1.29 is 4.79 Å². The predicted molar refractivity (Wildman–Crippen MR) is 109 cm³/mol. The monoisotopic (exact) mass is 351 g/mol. The van der Waals surface area contributed by atoms with Gasteiger partial charge in [0.05, 0.1) is 0 Å². The molecule has 3 rings (SSSR count). The minimum absolute atomic E-state index is 0.0731. The molecule has 1 amide bonds. The minimum atomic E-state index is 0.0731. The average molecular weight is 351 g/mol. The third kappa shape index (κ3) is 5.51. The average Bonchev–Trinajstić information content (AvgIpc) is 2.68. The fourth-order valence-corrected chi connectivity index (χ4v) is 3.37. The number of piperidine rings is 1. The first-order valence-electron chi connectivity index (χ1n) is 9.62. The highest BCUT2D eigenvalue weighted by Crippen LogP contribution is 2.21. The lowest BCUT2D eigenvalue weighted by molar-refractivity contribution is -0.121. The van der Waals surface area contributed by atoms with Crippen LogP contribution in [0.1, 0.15) is 36.8 Å². The molecule has 0 bridgehead atoms. The van der Waals surface area contributed by atoms with Crippen LogP contribution in [0, 0.1) is 6.92 Å². The lowest BCUT2D eigenvalue weighted by Crippen LogP contribution is -2.29. The number of anilines is 2. The van der Waals surface area contributed by atoms with Gasteiger partial charge in [0, 0.05) is 44.0 Å². The summed E-state index contributed by atoms with van der Waals surface area (Å²) in [6.07, 6.45) is 4.40. The van der Waals surface area contributed by atoms with Crippen molar-refractivity contribution in [2.24, 2.45) is 0 Å². The van der Waals surface area contributed by atoms with Gasteiger partial charge in [0.15, 0.2) is 0 Å². The molecular formula is C22H29N3O. The number of nitrogens with zero attached hydrogens (tertiary/aromatic N) is 1. The van der Waals surface area contributed by atoms with E-state index in [0.717, 1.165) is 24.3 Å². The molecule has 1 heterocycles. The molecule has 1 aliphatic rings. The number of rotatable bonds is 7. The largest absolute Gasteiger partial charge is 0.385 e. The van der Waals surface area contributed by atoms with E-state index in [0.29, 0.717) is 19.5 Å². The Morgan fingerprint density at radius 3 is 2.54 bits per heavy atom. The van der Waals surface area contributed by atoms with Gasteiger partial charge < -0.3 is 15.5 Å². The van der Waals surface area contributed by atoms with Gasteiger partial charge in [0.1, 0.15) is 0 Å². The van der Waals surface area contributed by atoms with Crippen molar-refractivity contribution in [2.75, 3.05) is 29.9 Å². The van der Waals surface area contributed by atoms with E-state index in [1.807, 2.05) is 12.1 Å². The van der Waals surface area contributed by atoms with E-state index < -0.39 is 0 Å². The summed E-state index contributed by atoms with van der Waals surface area (Å²) < 4.78 is 0. The van der Waals surface area contributed by atoms with Crippen LogP contribution in [-0.4, -0.2) is 25.5 Å². The van der Waals surface area contributed by atoms with Crippen LogP contribution in [0.5, 0.6) is 0 Å². The number of benzene rings is 2. The van der Waals surface area contributed by atoms with Crippen molar-refractivity contribution in [3.63, 3.8) is 0 Å². The summed E-state index contributed by atoms with van der Waals surface area (Å²) in [4.78, 5) is 14.4. The molecule has 0 radical (unpaired) electrons. The first-order valence-corrected chi connectivity index (χ1v) is 9.62.